The molecule has 16 nitrogen and oxygen atoms in total. The summed E-state index contributed by atoms with van der Waals surface area (Å²) in [5, 5.41) is 2.81. The van der Waals surface area contributed by atoms with Gasteiger partial charge in [0.15, 0.2) is 5.16 Å². The predicted molar refractivity (Wildman–Crippen MR) is 167 cm³/mol. The molecule has 0 aromatic carbocycles. The van der Waals surface area contributed by atoms with E-state index in [-0.39, 0.29) is 55.0 Å². The van der Waals surface area contributed by atoms with Gasteiger partial charge in [-0.25, -0.2) is 14.8 Å². The number of nitrogen functional groups attached to an aromatic ring is 1. The number of piperazine rings is 1. The number of nitrogens with one attached hydrogen (secondary N) is 1. The van der Waals surface area contributed by atoms with Gasteiger partial charge in [0.05, 0.1) is 46.8 Å². The second kappa shape index (κ2) is 19.4. The van der Waals surface area contributed by atoms with Crippen LogP contribution >= 0.6 is 11.8 Å². The van der Waals surface area contributed by atoms with Gasteiger partial charge in [0.2, 0.25) is 23.6 Å². The summed E-state index contributed by atoms with van der Waals surface area (Å²) in [5.41, 5.74) is 5.97. The first-order valence-electron chi connectivity index (χ1n) is 14.1. The number of nitrogens with two attached hydrogens (primary N) is 1. The number of rotatable bonds is 20. The zero-order valence-electron chi connectivity index (χ0n) is 25.6. The summed E-state index contributed by atoms with van der Waals surface area (Å²) in [6.45, 7) is 12.3. The fourth-order valence-corrected chi connectivity index (χ4v) is 4.58. The highest BCUT2D eigenvalue weighted by molar-refractivity contribution is 7.99. The lowest BCUT2D eigenvalue weighted by Crippen LogP contribution is -2.45. The van der Waals surface area contributed by atoms with Crippen molar-refractivity contribution in [2.75, 3.05) is 109 Å². The van der Waals surface area contributed by atoms with E-state index >= 15 is 0 Å². The van der Waals surface area contributed by atoms with Crippen LogP contribution < -0.4 is 25.4 Å². The molecule has 1 fully saturated rings. The number of carbonyl (C=O) groups excluding carboxylic acids is 2. The monoisotopic (exact) mass is 648 g/mol. The molecule has 0 bridgehead atoms. The summed E-state index contributed by atoms with van der Waals surface area (Å²) in [7, 11) is 3.57. The standard InChI is InChI=1S/C28H40N8O8S/c1-5-22(37)31-21-19-20(29)30-28(32-21)45-24-25(39-4)33-27(36-9-7-35(3)8-10-36)34-26(24)44-18-16-42-14-12-40-11-13-41-15-17-43-23(38)6-2/h5-6,19H,1-2,7-18H2,3-4H3,(H3,29,30,31,32,37). The van der Waals surface area contributed by atoms with E-state index in [0.717, 1.165) is 50.1 Å². The molecule has 0 radical (unpaired) electrons. The molecule has 2 aromatic rings. The smallest absolute Gasteiger partial charge is 0.330 e. The molecule has 0 unspecified atom stereocenters. The number of methoxy groups -OCH3 is 1. The minimum absolute atomic E-state index is 0.152. The molecule has 1 amide bonds. The summed E-state index contributed by atoms with van der Waals surface area (Å²) >= 11 is 1.09. The molecule has 3 rings (SSSR count). The highest BCUT2D eigenvalue weighted by Crippen LogP contribution is 2.40. The van der Waals surface area contributed by atoms with Gasteiger partial charge < -0.3 is 49.3 Å². The average molecular weight is 649 g/mol. The third kappa shape index (κ3) is 12.5. The Morgan fingerprint density at radius 3 is 2.16 bits per heavy atom. The van der Waals surface area contributed by atoms with Crippen LogP contribution in [0, 0.1) is 0 Å². The Morgan fingerprint density at radius 2 is 1.53 bits per heavy atom. The zero-order valence-corrected chi connectivity index (χ0v) is 26.4. The maximum Gasteiger partial charge on any atom is 0.330 e. The molecule has 1 aliphatic heterocycles. The molecule has 17 heteroatoms. The van der Waals surface area contributed by atoms with Crippen LogP contribution in [-0.4, -0.2) is 130 Å². The van der Waals surface area contributed by atoms with Gasteiger partial charge in [-0.1, -0.05) is 13.2 Å². The molecule has 1 saturated heterocycles. The Balaban J connectivity index is 1.58. The first-order chi connectivity index (χ1) is 21.8. The molecule has 0 atom stereocenters. The average Bonchev–Trinajstić information content (AvgIpc) is 3.03. The number of likely N-dealkylation sites (N-methyl/N-ethyl adjacent to an activating group) is 1. The SMILES string of the molecule is C=CC(=O)Nc1cc(N)nc(Sc2c(OC)nc(N3CCN(C)CC3)nc2OCCOCCOCCOCCOC(=O)C=C)n1. The van der Waals surface area contributed by atoms with E-state index in [1.54, 1.807) is 0 Å². The topological polar surface area (TPSA) is 186 Å². The number of ether oxygens (including phenoxy) is 6. The Hall–Kier alpha value is -4.03. The molecular formula is C28H40N8O8S. The second-order valence-electron chi connectivity index (χ2n) is 9.27. The number of hydrogen-bond donors (Lipinski definition) is 2. The van der Waals surface area contributed by atoms with Crippen LogP contribution in [0.2, 0.25) is 0 Å². The molecular weight excluding hydrogens is 608 g/mol. The quantitative estimate of drug-likeness (QED) is 0.0897. The van der Waals surface area contributed by atoms with Gasteiger partial charge in [-0.3, -0.25) is 4.79 Å². The Bertz CT molecular complexity index is 1280. The van der Waals surface area contributed by atoms with Crippen molar-refractivity contribution in [2.24, 2.45) is 0 Å². The van der Waals surface area contributed by atoms with Gasteiger partial charge in [-0.05, 0) is 24.9 Å². The highest BCUT2D eigenvalue weighted by Gasteiger charge is 2.24. The summed E-state index contributed by atoms with van der Waals surface area (Å²) < 4.78 is 33.0. The van der Waals surface area contributed by atoms with E-state index in [0.29, 0.717) is 37.3 Å². The molecule has 3 N–H and O–H groups in total. The maximum atomic E-state index is 11.8. The third-order valence-electron chi connectivity index (χ3n) is 5.98. The van der Waals surface area contributed by atoms with Crippen LogP contribution in [0.15, 0.2) is 41.4 Å². The Morgan fingerprint density at radius 1 is 0.911 bits per heavy atom. The van der Waals surface area contributed by atoms with Crippen molar-refractivity contribution >= 4 is 41.2 Å². The van der Waals surface area contributed by atoms with Crippen molar-refractivity contribution in [2.45, 2.75) is 10.1 Å². The minimum atomic E-state index is -0.486. The van der Waals surface area contributed by atoms with Crippen LogP contribution in [0.5, 0.6) is 11.8 Å². The summed E-state index contributed by atoms with van der Waals surface area (Å²) in [6.07, 6.45) is 2.23. The van der Waals surface area contributed by atoms with E-state index in [9.17, 15) is 9.59 Å². The molecule has 2 aromatic heterocycles. The Kier molecular flexibility index (Phi) is 15.3. The number of nitrogens with zero attached hydrogens (tertiary/aromatic N) is 6. The third-order valence-corrected chi connectivity index (χ3v) is 6.89. The van der Waals surface area contributed by atoms with Crippen LogP contribution in [0.4, 0.5) is 17.6 Å². The van der Waals surface area contributed by atoms with Crippen molar-refractivity contribution in [3.8, 4) is 11.8 Å². The number of esters is 1. The van der Waals surface area contributed by atoms with Crippen molar-refractivity contribution < 1.29 is 38.0 Å². The lowest BCUT2D eigenvalue weighted by molar-refractivity contribution is -0.139. The molecule has 0 saturated carbocycles. The predicted octanol–water partition coefficient (Wildman–Crippen LogP) is 1.04. The van der Waals surface area contributed by atoms with E-state index in [1.807, 2.05) is 0 Å². The highest BCUT2D eigenvalue weighted by atomic mass is 32.2. The fraction of sp³-hybridized carbons (Fsp3) is 0.500. The lowest BCUT2D eigenvalue weighted by Gasteiger charge is -2.32. The number of anilines is 3. The van der Waals surface area contributed by atoms with Crippen molar-refractivity contribution in [1.82, 2.24) is 24.8 Å². The molecule has 246 valence electrons. The second-order valence-corrected chi connectivity index (χ2v) is 10.2. The van der Waals surface area contributed by atoms with E-state index in [2.05, 4.69) is 50.3 Å². The maximum absolute atomic E-state index is 11.8. The van der Waals surface area contributed by atoms with Gasteiger partial charge in [0, 0.05) is 38.3 Å². The molecule has 0 aliphatic carbocycles. The van der Waals surface area contributed by atoms with Gasteiger partial charge >= 0.3 is 5.97 Å². The summed E-state index contributed by atoms with van der Waals surface area (Å²) in [6, 6.07) is 1.44. The van der Waals surface area contributed by atoms with Crippen molar-refractivity contribution in [1.29, 1.82) is 0 Å². The first kappa shape index (κ1) is 35.4. The van der Waals surface area contributed by atoms with Crippen LogP contribution in [0.25, 0.3) is 0 Å². The Labute approximate surface area is 266 Å². The van der Waals surface area contributed by atoms with Gasteiger partial charge in [-0.2, -0.15) is 9.97 Å². The minimum Gasteiger partial charge on any atom is -0.480 e. The van der Waals surface area contributed by atoms with Crippen LogP contribution in [-0.2, 0) is 28.5 Å². The van der Waals surface area contributed by atoms with E-state index < -0.39 is 11.9 Å². The lowest BCUT2D eigenvalue weighted by atomic mass is 10.3. The van der Waals surface area contributed by atoms with E-state index in [4.69, 9.17) is 39.1 Å². The number of amides is 1. The van der Waals surface area contributed by atoms with E-state index in [1.165, 1.54) is 13.2 Å². The summed E-state index contributed by atoms with van der Waals surface area (Å²) in [4.78, 5) is 45.5. The molecule has 45 heavy (non-hydrogen) atoms. The van der Waals surface area contributed by atoms with Crippen molar-refractivity contribution in [3.63, 3.8) is 0 Å². The van der Waals surface area contributed by atoms with Gasteiger partial charge in [0.25, 0.3) is 0 Å². The normalized spacial score (nSPS) is 13.2. The molecule has 3 heterocycles. The molecule has 1 aliphatic rings. The summed E-state index contributed by atoms with van der Waals surface area (Å²) in [5.74, 6) is 0.453. The number of aromatic nitrogens is 4. The van der Waals surface area contributed by atoms with Gasteiger partial charge in [0.1, 0.15) is 29.7 Å². The zero-order chi connectivity index (χ0) is 32.4. The number of hydrogen-bond acceptors (Lipinski definition) is 16. The van der Waals surface area contributed by atoms with Crippen LogP contribution in [0.1, 0.15) is 0 Å². The molecule has 0 spiro atoms. The number of carbonyl (C=O) groups is 2. The van der Waals surface area contributed by atoms with Crippen LogP contribution in [0.3, 0.4) is 0 Å². The van der Waals surface area contributed by atoms with Crippen molar-refractivity contribution in [3.05, 3.63) is 31.4 Å². The largest absolute Gasteiger partial charge is 0.480 e. The fourth-order valence-electron chi connectivity index (χ4n) is 3.69. The van der Waals surface area contributed by atoms with Gasteiger partial charge in [-0.15, -0.1) is 0 Å². The first-order valence-corrected chi connectivity index (χ1v) is 14.9.